The Hall–Kier alpha value is -2.83. The Balaban J connectivity index is 1.79. The molecule has 1 N–H and O–H groups in total. The van der Waals surface area contributed by atoms with Gasteiger partial charge in [-0.1, -0.05) is 77.5 Å². The van der Waals surface area contributed by atoms with Crippen LogP contribution in [0.1, 0.15) is 125 Å². The van der Waals surface area contributed by atoms with Gasteiger partial charge in [0.15, 0.2) is 14.6 Å². The van der Waals surface area contributed by atoms with Gasteiger partial charge in [-0.15, -0.1) is 0 Å². The third kappa shape index (κ3) is 13.1. The van der Waals surface area contributed by atoms with Gasteiger partial charge in [0.25, 0.3) is 0 Å². The highest BCUT2D eigenvalue weighted by molar-refractivity contribution is 6.74. The van der Waals surface area contributed by atoms with Crippen molar-refractivity contribution in [3.8, 4) is 0 Å². The average Bonchev–Trinajstić information content (AvgIpc) is 3.15. The van der Waals surface area contributed by atoms with Crippen LogP contribution in [0.5, 0.6) is 0 Å². The summed E-state index contributed by atoms with van der Waals surface area (Å²) in [7, 11) is -2.28. The highest BCUT2D eigenvalue weighted by Gasteiger charge is 2.47. The van der Waals surface area contributed by atoms with Crippen LogP contribution in [0.3, 0.4) is 0 Å². The van der Waals surface area contributed by atoms with E-state index < -0.39 is 32.4 Å². The lowest BCUT2D eigenvalue weighted by atomic mass is 9.74. The summed E-state index contributed by atoms with van der Waals surface area (Å²) in [5, 5.41) is 9.68. The quantitative estimate of drug-likeness (QED) is 0.0725. The maximum Gasteiger partial charge on any atom is 0.407 e. The van der Waals surface area contributed by atoms with Crippen molar-refractivity contribution in [2.75, 3.05) is 26.2 Å². The predicted octanol–water partition coefficient (Wildman–Crippen LogP) is 10.1. The Morgan fingerprint density at radius 2 is 1.82 bits per heavy atom. The second-order valence-electron chi connectivity index (χ2n) is 18.5. The molecule has 4 heterocycles. The van der Waals surface area contributed by atoms with Gasteiger partial charge in [-0.05, 0) is 109 Å². The Morgan fingerprint density at radius 1 is 1.11 bits per heavy atom. The van der Waals surface area contributed by atoms with E-state index in [-0.39, 0.29) is 47.3 Å². The number of rotatable bonds is 12. The van der Waals surface area contributed by atoms with Crippen molar-refractivity contribution in [3.63, 3.8) is 0 Å². The van der Waals surface area contributed by atoms with E-state index in [9.17, 15) is 14.7 Å². The molecule has 2 unspecified atom stereocenters. The van der Waals surface area contributed by atoms with Gasteiger partial charge in [0.2, 0.25) is 0 Å². The van der Waals surface area contributed by atoms with Crippen LogP contribution in [0.2, 0.25) is 18.1 Å². The number of piperidine rings is 2. The summed E-state index contributed by atoms with van der Waals surface area (Å²) in [6.45, 7) is 26.4. The molecule has 0 bridgehead atoms. The second kappa shape index (κ2) is 20.9. The van der Waals surface area contributed by atoms with Gasteiger partial charge in [-0.25, -0.2) is 4.79 Å². The number of carboxylic acid groups (broad SMARTS) is 1. The number of pyridine rings is 1. The molecule has 11 heteroatoms. The molecule has 3 aliphatic rings. The summed E-state index contributed by atoms with van der Waals surface area (Å²) < 4.78 is 26.7. The summed E-state index contributed by atoms with van der Waals surface area (Å²) in [4.78, 5) is 34.6. The first-order valence-electron chi connectivity index (χ1n) is 21.7. The van der Waals surface area contributed by atoms with Crippen LogP contribution in [-0.2, 0) is 23.4 Å². The number of nitrogens with zero attached hydrogens (tertiary/aromatic N) is 3. The summed E-state index contributed by atoms with van der Waals surface area (Å²) in [6, 6.07) is 6.43. The van der Waals surface area contributed by atoms with Crippen molar-refractivity contribution >= 4 is 20.4 Å². The number of carbonyl (C=O) groups excluding carboxylic acids is 1. The van der Waals surface area contributed by atoms with Crippen molar-refractivity contribution in [1.29, 1.82) is 0 Å². The zero-order chi connectivity index (χ0) is 42.0. The lowest BCUT2D eigenvalue weighted by Crippen LogP contribution is -2.58. The van der Waals surface area contributed by atoms with Gasteiger partial charge >= 0.3 is 12.1 Å². The number of hydrogen-bond donors (Lipinski definition) is 1. The molecule has 4 rings (SSSR count). The normalized spacial score (nSPS) is 29.9. The number of cyclic esters (lactones) is 1. The molecule has 0 aliphatic carbocycles. The van der Waals surface area contributed by atoms with E-state index in [1.807, 2.05) is 45.2 Å². The third-order valence-corrected chi connectivity index (χ3v) is 17.6. The molecule has 1 aromatic rings. The molecule has 1 aromatic heterocycles. The van der Waals surface area contributed by atoms with Gasteiger partial charge in [0.1, 0.15) is 6.10 Å². The van der Waals surface area contributed by atoms with Gasteiger partial charge in [-0.3, -0.25) is 14.7 Å². The van der Waals surface area contributed by atoms with Crippen molar-refractivity contribution < 1.29 is 33.3 Å². The smallest absolute Gasteiger partial charge is 0.407 e. The van der Waals surface area contributed by atoms with Crippen LogP contribution in [-0.4, -0.2) is 103 Å². The van der Waals surface area contributed by atoms with E-state index in [1.165, 1.54) is 0 Å². The molecule has 10 nitrogen and oxygen atoms in total. The number of allylic oxidation sites excluding steroid dienone is 3. The molecule has 320 valence electrons. The van der Waals surface area contributed by atoms with Crippen LogP contribution in [0.4, 0.5) is 4.79 Å². The molecule has 0 aromatic carbocycles. The first kappa shape index (κ1) is 46.9. The standard InChI is InChI=1S/C46H75N3O7Si/c1-12-53-36(5)55-46(9)27-24-38(56-57(10,11)45(6,7)8)32-42(50)54-43(34(3)19-17-18-33(2)40-20-13-15-28-47-40)35(4)22-23-39(46)41-21-14-16-29-49(41)37-25-30-48(31-26-37)44(51)52/h13,15,17-20,22-23,28,33,35-39,41,43H,12,14,16,21,24-27,29-32H2,1-11H3,(H,51,52)/b18-17+,23-22+,34-19+/t33-,35+,36?,38-,39+,41?,43-,46-/m1/s1. The van der Waals surface area contributed by atoms with Crippen molar-refractivity contribution in [2.24, 2.45) is 11.8 Å². The SMILES string of the molecule is CCOC(C)O[C@]1(C)CC[C@@H](O[Si](C)(C)C(C)(C)C)CC(=O)O[C@H](/C(C)=C/C=C/[C@@H](C)c2ccccn2)[C@@H](C)/C=C/[C@H]1C1CCCCN1C1CCN(C(=O)O)CC1. The highest BCUT2D eigenvalue weighted by atomic mass is 28.4. The lowest BCUT2D eigenvalue weighted by molar-refractivity contribution is -0.219. The van der Waals surface area contributed by atoms with E-state index in [2.05, 4.69) is 94.9 Å². The maximum atomic E-state index is 14.0. The van der Waals surface area contributed by atoms with Gasteiger partial charge in [0, 0.05) is 61.4 Å². The monoisotopic (exact) mass is 810 g/mol. The fourth-order valence-electron chi connectivity index (χ4n) is 8.74. The molecular formula is C46H75N3O7Si. The minimum Gasteiger partial charge on any atom is -0.465 e. The number of ether oxygens (including phenoxy) is 3. The van der Waals surface area contributed by atoms with E-state index >= 15 is 0 Å². The Bertz CT molecular complexity index is 1520. The molecule has 0 radical (unpaired) electrons. The minimum absolute atomic E-state index is 0.0200. The molecule has 1 amide bonds. The van der Waals surface area contributed by atoms with Gasteiger partial charge in [-0.2, -0.15) is 0 Å². The van der Waals surface area contributed by atoms with E-state index in [4.69, 9.17) is 18.6 Å². The van der Waals surface area contributed by atoms with Crippen LogP contribution in [0, 0.1) is 11.8 Å². The molecular weight excluding hydrogens is 735 g/mol. The van der Waals surface area contributed by atoms with Crippen molar-refractivity contribution in [3.05, 3.63) is 66.0 Å². The number of esters is 1. The van der Waals surface area contributed by atoms with Crippen molar-refractivity contribution in [2.45, 2.75) is 174 Å². The third-order valence-electron chi connectivity index (χ3n) is 13.1. The Morgan fingerprint density at radius 3 is 2.46 bits per heavy atom. The van der Waals surface area contributed by atoms with Crippen LogP contribution in [0.25, 0.3) is 0 Å². The highest BCUT2D eigenvalue weighted by Crippen LogP contribution is 2.43. The maximum absolute atomic E-state index is 14.0. The lowest BCUT2D eigenvalue weighted by Gasteiger charge is -2.51. The van der Waals surface area contributed by atoms with Crippen LogP contribution in [0.15, 0.2) is 60.3 Å². The number of amides is 1. The molecule has 2 fully saturated rings. The van der Waals surface area contributed by atoms with Gasteiger partial charge < -0.3 is 28.6 Å². The molecule has 2 saturated heterocycles. The number of aromatic nitrogens is 1. The van der Waals surface area contributed by atoms with E-state index in [0.717, 1.165) is 49.9 Å². The minimum atomic E-state index is -2.28. The van der Waals surface area contributed by atoms with E-state index in [0.29, 0.717) is 38.6 Å². The summed E-state index contributed by atoms with van der Waals surface area (Å²) in [5.41, 5.74) is 1.31. The summed E-state index contributed by atoms with van der Waals surface area (Å²) in [6.07, 6.45) is 17.0. The molecule has 0 saturated carbocycles. The molecule has 3 aliphatic heterocycles. The molecule has 0 spiro atoms. The van der Waals surface area contributed by atoms with Crippen LogP contribution < -0.4 is 0 Å². The van der Waals surface area contributed by atoms with Gasteiger partial charge in [0.05, 0.1) is 18.1 Å². The van der Waals surface area contributed by atoms with E-state index in [1.54, 1.807) is 4.90 Å². The first-order chi connectivity index (χ1) is 26.8. The average molecular weight is 810 g/mol. The topological polar surface area (TPSA) is 111 Å². The zero-order valence-electron chi connectivity index (χ0n) is 37.0. The van der Waals surface area contributed by atoms with Crippen molar-refractivity contribution in [1.82, 2.24) is 14.8 Å². The fourth-order valence-corrected chi connectivity index (χ4v) is 10.1. The predicted molar refractivity (Wildman–Crippen MR) is 231 cm³/mol. The zero-order valence-corrected chi connectivity index (χ0v) is 38.0. The number of likely N-dealkylation sites (tertiary alicyclic amines) is 2. The largest absolute Gasteiger partial charge is 0.465 e. The first-order valence-corrected chi connectivity index (χ1v) is 24.6. The molecule has 57 heavy (non-hydrogen) atoms. The molecule has 8 atom stereocenters. The Labute approximate surface area is 345 Å². The number of hydrogen-bond acceptors (Lipinski definition) is 8. The second-order valence-corrected chi connectivity index (χ2v) is 23.3. The number of carbonyl (C=O) groups is 2. The summed E-state index contributed by atoms with van der Waals surface area (Å²) >= 11 is 0. The summed E-state index contributed by atoms with van der Waals surface area (Å²) in [5.74, 6) is -0.269. The Kier molecular flexibility index (Phi) is 17.2. The van der Waals surface area contributed by atoms with Crippen LogP contribution >= 0.6 is 0 Å². The fraction of sp³-hybridized carbons (Fsp3) is 0.717.